The maximum Gasteiger partial charge on any atom is 0.129 e. The highest BCUT2D eigenvalue weighted by Crippen LogP contribution is 2.15. The van der Waals surface area contributed by atoms with Gasteiger partial charge in [-0.25, -0.2) is 0 Å². The highest BCUT2D eigenvalue weighted by atomic mass is 16.3. The molecule has 0 atom stereocenters. The Labute approximate surface area is 143 Å². The van der Waals surface area contributed by atoms with E-state index in [0.717, 1.165) is 17.8 Å². The Hall–Kier alpha value is -3.08. The van der Waals surface area contributed by atoms with Gasteiger partial charge in [-0.2, -0.15) is 10.5 Å². The lowest BCUT2D eigenvalue weighted by atomic mass is 10.1. The van der Waals surface area contributed by atoms with E-state index in [1.54, 1.807) is 24.3 Å². The summed E-state index contributed by atoms with van der Waals surface area (Å²) in [6.45, 7) is 3.70. The quantitative estimate of drug-likeness (QED) is 0.587. The van der Waals surface area contributed by atoms with Crippen LogP contribution in [0, 0.1) is 22.7 Å². The molecule has 1 N–H and O–H groups in total. The molecule has 1 aromatic rings. The van der Waals surface area contributed by atoms with Crippen molar-refractivity contribution in [2.45, 2.75) is 6.92 Å². The van der Waals surface area contributed by atoms with E-state index in [-0.39, 0.29) is 12.2 Å². The van der Waals surface area contributed by atoms with Gasteiger partial charge >= 0.3 is 0 Å². The van der Waals surface area contributed by atoms with Gasteiger partial charge in [0, 0.05) is 18.8 Å². The fourth-order valence-electron chi connectivity index (χ4n) is 2.00. The lowest BCUT2D eigenvalue weighted by Gasteiger charge is -2.21. The van der Waals surface area contributed by atoms with Gasteiger partial charge in [-0.3, -0.25) is 0 Å². The zero-order valence-electron chi connectivity index (χ0n) is 13.8. The Morgan fingerprint density at radius 1 is 1.04 bits per heavy atom. The first-order chi connectivity index (χ1) is 11.7. The van der Waals surface area contributed by atoms with Crippen LogP contribution in [0.15, 0.2) is 66.3 Å². The van der Waals surface area contributed by atoms with E-state index in [2.05, 4.69) is 11.8 Å². The van der Waals surface area contributed by atoms with E-state index in [1.165, 1.54) is 6.08 Å². The number of aliphatic hydroxyl groups is 1. The molecule has 122 valence electrons. The third-order valence-corrected chi connectivity index (χ3v) is 3.25. The number of rotatable bonds is 8. The average Bonchev–Trinajstić information content (AvgIpc) is 2.63. The Balaban J connectivity index is 2.58. The van der Waals surface area contributed by atoms with Gasteiger partial charge in [-0.05, 0) is 30.7 Å². The molecular formula is C20H21N3O. The van der Waals surface area contributed by atoms with E-state index >= 15 is 0 Å². The van der Waals surface area contributed by atoms with Crippen LogP contribution < -0.4 is 4.90 Å². The second-order valence-electron chi connectivity index (χ2n) is 4.83. The minimum atomic E-state index is 0.0811. The summed E-state index contributed by atoms with van der Waals surface area (Å²) in [4.78, 5) is 2.11. The summed E-state index contributed by atoms with van der Waals surface area (Å²) >= 11 is 0. The minimum absolute atomic E-state index is 0.0811. The highest BCUT2D eigenvalue weighted by molar-refractivity contribution is 5.57. The van der Waals surface area contributed by atoms with Gasteiger partial charge in [0.25, 0.3) is 0 Å². The van der Waals surface area contributed by atoms with E-state index < -0.39 is 0 Å². The summed E-state index contributed by atoms with van der Waals surface area (Å²) in [5.74, 6) is 0. The second kappa shape index (κ2) is 11.5. The summed E-state index contributed by atoms with van der Waals surface area (Å²) in [5, 5.41) is 26.2. The molecule has 0 fully saturated rings. The fraction of sp³-hybridized carbons (Fsp3) is 0.200. The highest BCUT2D eigenvalue weighted by Gasteiger charge is 2.01. The normalized spacial score (nSPS) is 10.8. The molecule has 0 saturated heterocycles. The van der Waals surface area contributed by atoms with Crippen molar-refractivity contribution < 1.29 is 5.11 Å². The maximum absolute atomic E-state index is 9.05. The molecule has 0 radical (unpaired) electrons. The zero-order valence-corrected chi connectivity index (χ0v) is 13.8. The van der Waals surface area contributed by atoms with Gasteiger partial charge < -0.3 is 10.0 Å². The molecule has 0 amide bonds. The molecule has 0 saturated carbocycles. The van der Waals surface area contributed by atoms with Crippen LogP contribution in [0.5, 0.6) is 0 Å². The van der Waals surface area contributed by atoms with Gasteiger partial charge in [0.15, 0.2) is 0 Å². The number of nitriles is 2. The summed E-state index contributed by atoms with van der Waals surface area (Å²) in [5.41, 5.74) is 2.26. The smallest absolute Gasteiger partial charge is 0.129 e. The number of likely N-dealkylation sites (N-methyl/N-ethyl adjacent to an activating group) is 1. The predicted molar refractivity (Wildman–Crippen MR) is 98.0 cm³/mol. The molecule has 4 heteroatoms. The molecule has 24 heavy (non-hydrogen) atoms. The maximum atomic E-state index is 9.05. The number of hydrogen-bond acceptors (Lipinski definition) is 4. The lowest BCUT2D eigenvalue weighted by Crippen LogP contribution is -2.25. The molecule has 0 heterocycles. The SMILES string of the molecule is CCN(CCO)c1ccc(/C=C/C=C/C=C/C=C(C#N)C#N)cc1. The topological polar surface area (TPSA) is 71.0 Å². The van der Waals surface area contributed by atoms with Crippen LogP contribution in [0.2, 0.25) is 0 Å². The monoisotopic (exact) mass is 319 g/mol. The molecule has 0 aliphatic carbocycles. The zero-order chi connectivity index (χ0) is 17.6. The second-order valence-corrected chi connectivity index (χ2v) is 4.83. The van der Waals surface area contributed by atoms with Crippen molar-refractivity contribution in [1.29, 1.82) is 10.5 Å². The van der Waals surface area contributed by atoms with Crippen molar-refractivity contribution >= 4 is 11.8 Å². The largest absolute Gasteiger partial charge is 0.395 e. The molecule has 1 aromatic carbocycles. The third kappa shape index (κ3) is 6.79. The predicted octanol–water partition coefficient (Wildman–Crippen LogP) is 3.60. The van der Waals surface area contributed by atoms with Crippen LogP contribution in [0.1, 0.15) is 12.5 Å². The number of hydrogen-bond donors (Lipinski definition) is 1. The molecule has 0 aliphatic heterocycles. The molecular weight excluding hydrogens is 298 g/mol. The Bertz CT molecular complexity index is 682. The van der Waals surface area contributed by atoms with E-state index in [9.17, 15) is 0 Å². The first-order valence-electron chi connectivity index (χ1n) is 7.73. The molecule has 0 unspecified atom stereocenters. The van der Waals surface area contributed by atoms with Gasteiger partial charge in [-0.1, -0.05) is 48.6 Å². The summed E-state index contributed by atoms with van der Waals surface area (Å²) in [6, 6.07) is 11.7. The van der Waals surface area contributed by atoms with Crippen LogP contribution >= 0.6 is 0 Å². The molecule has 0 aromatic heterocycles. The van der Waals surface area contributed by atoms with Crippen LogP contribution in [0.3, 0.4) is 0 Å². The van der Waals surface area contributed by atoms with Crippen molar-refractivity contribution in [3.05, 3.63) is 71.9 Å². The van der Waals surface area contributed by atoms with Crippen molar-refractivity contribution in [3.8, 4) is 12.1 Å². The molecule has 0 bridgehead atoms. The number of benzene rings is 1. The summed E-state index contributed by atoms with van der Waals surface area (Å²) in [7, 11) is 0. The number of allylic oxidation sites excluding steroid dienone is 7. The molecule has 4 nitrogen and oxygen atoms in total. The Morgan fingerprint density at radius 3 is 2.25 bits per heavy atom. The Kier molecular flexibility index (Phi) is 9.07. The minimum Gasteiger partial charge on any atom is -0.395 e. The average molecular weight is 319 g/mol. The number of nitrogens with zero attached hydrogens (tertiary/aromatic N) is 3. The number of aliphatic hydroxyl groups excluding tert-OH is 1. The van der Waals surface area contributed by atoms with Crippen LogP contribution in [-0.2, 0) is 0 Å². The summed E-state index contributed by atoms with van der Waals surface area (Å²) in [6.07, 6.45) is 12.5. The molecule has 0 aliphatic rings. The van der Waals surface area contributed by atoms with Gasteiger partial charge in [0.05, 0.1) is 6.61 Å². The first-order valence-corrected chi connectivity index (χ1v) is 7.73. The van der Waals surface area contributed by atoms with Crippen LogP contribution in [0.4, 0.5) is 5.69 Å². The van der Waals surface area contributed by atoms with Crippen molar-refractivity contribution in [2.24, 2.45) is 0 Å². The van der Waals surface area contributed by atoms with Crippen molar-refractivity contribution in [2.75, 3.05) is 24.6 Å². The first kappa shape index (κ1) is 19.0. The van der Waals surface area contributed by atoms with Gasteiger partial charge in [0.2, 0.25) is 0 Å². The van der Waals surface area contributed by atoms with E-state index in [1.807, 2.05) is 48.6 Å². The third-order valence-electron chi connectivity index (χ3n) is 3.25. The van der Waals surface area contributed by atoms with Crippen LogP contribution in [-0.4, -0.2) is 24.8 Å². The molecule has 0 spiro atoms. The standard InChI is InChI=1S/C20H21N3O/c1-2-23(14-15-24)20-12-10-18(11-13-20)8-6-4-3-5-7-9-19(16-21)17-22/h3-13,24H,2,14-15H2,1H3/b4-3+,7-5+,8-6+. The van der Waals surface area contributed by atoms with E-state index in [4.69, 9.17) is 15.6 Å². The van der Waals surface area contributed by atoms with Gasteiger partial charge in [0.1, 0.15) is 17.7 Å². The Morgan fingerprint density at radius 2 is 1.67 bits per heavy atom. The lowest BCUT2D eigenvalue weighted by molar-refractivity contribution is 0.302. The molecule has 1 rings (SSSR count). The van der Waals surface area contributed by atoms with Gasteiger partial charge in [-0.15, -0.1) is 0 Å². The van der Waals surface area contributed by atoms with Crippen molar-refractivity contribution in [1.82, 2.24) is 0 Å². The van der Waals surface area contributed by atoms with E-state index in [0.29, 0.717) is 6.54 Å². The van der Waals surface area contributed by atoms with Crippen molar-refractivity contribution in [3.63, 3.8) is 0 Å². The van der Waals surface area contributed by atoms with Crippen LogP contribution in [0.25, 0.3) is 6.08 Å². The summed E-state index contributed by atoms with van der Waals surface area (Å²) < 4.78 is 0. The fourth-order valence-corrected chi connectivity index (χ4v) is 2.00. The number of anilines is 1.